The minimum atomic E-state index is -1.07. The number of hydrogen-bond donors (Lipinski definition) is 4. The first kappa shape index (κ1) is 19.3. The number of amides is 2. The maximum Gasteiger partial charge on any atom is 0.338 e. The Kier molecular flexibility index (Phi) is 5.03. The highest BCUT2D eigenvalue weighted by Gasteiger charge is 2.17. The summed E-state index contributed by atoms with van der Waals surface area (Å²) in [6.07, 6.45) is 1.25. The van der Waals surface area contributed by atoms with Crippen LogP contribution in [-0.2, 0) is 0 Å². The summed E-state index contributed by atoms with van der Waals surface area (Å²) in [5.41, 5.74) is 8.53. The molecule has 0 radical (unpaired) electrons. The van der Waals surface area contributed by atoms with Gasteiger partial charge in [-0.25, -0.2) is 19.0 Å². The van der Waals surface area contributed by atoms with Crippen molar-refractivity contribution in [3.05, 3.63) is 71.5 Å². The normalized spacial score (nSPS) is 10.7. The van der Waals surface area contributed by atoms with Gasteiger partial charge in [0.05, 0.1) is 10.3 Å². The van der Waals surface area contributed by atoms with Crippen LogP contribution in [0.15, 0.2) is 60.1 Å². The van der Waals surface area contributed by atoms with Crippen molar-refractivity contribution in [3.63, 3.8) is 0 Å². The van der Waals surface area contributed by atoms with Gasteiger partial charge in [0.15, 0.2) is 0 Å². The van der Waals surface area contributed by atoms with E-state index < -0.39 is 17.8 Å². The Bertz CT molecular complexity index is 1270. The first-order valence-electron chi connectivity index (χ1n) is 8.75. The van der Waals surface area contributed by atoms with Gasteiger partial charge < -0.3 is 21.5 Å². The molecule has 5 N–H and O–H groups in total. The average molecular weight is 422 g/mol. The van der Waals surface area contributed by atoms with E-state index >= 15 is 0 Å². The number of urea groups is 1. The third-order valence-electron chi connectivity index (χ3n) is 4.39. The Morgan fingerprint density at radius 3 is 2.50 bits per heavy atom. The molecule has 0 bridgehead atoms. The highest BCUT2D eigenvalue weighted by Crippen LogP contribution is 2.38. The number of aromatic nitrogens is 1. The first-order chi connectivity index (χ1) is 14.4. The van der Waals surface area contributed by atoms with Crippen LogP contribution in [0.5, 0.6) is 0 Å². The number of benzene rings is 2. The van der Waals surface area contributed by atoms with Gasteiger partial charge in [0.25, 0.3) is 0 Å². The largest absolute Gasteiger partial charge is 0.478 e. The van der Waals surface area contributed by atoms with Crippen molar-refractivity contribution >= 4 is 50.6 Å². The number of hydrogen-bond acceptors (Lipinski definition) is 5. The quantitative estimate of drug-likeness (QED) is 0.368. The Morgan fingerprint density at radius 2 is 1.80 bits per heavy atom. The number of rotatable bonds is 4. The molecule has 4 rings (SSSR count). The molecule has 30 heavy (non-hydrogen) atoms. The number of nitrogens with zero attached hydrogens (tertiary/aromatic N) is 1. The van der Waals surface area contributed by atoms with E-state index in [1.54, 1.807) is 30.3 Å². The van der Waals surface area contributed by atoms with E-state index in [1.165, 1.54) is 35.7 Å². The maximum atomic E-state index is 13.2. The van der Waals surface area contributed by atoms with E-state index in [0.717, 1.165) is 11.1 Å². The van der Waals surface area contributed by atoms with Crippen molar-refractivity contribution in [2.75, 3.05) is 16.4 Å². The van der Waals surface area contributed by atoms with Crippen LogP contribution >= 0.6 is 11.3 Å². The molecule has 0 spiro atoms. The lowest BCUT2D eigenvalue weighted by Crippen LogP contribution is -2.19. The van der Waals surface area contributed by atoms with Crippen LogP contribution in [-0.4, -0.2) is 22.1 Å². The molecule has 0 aliphatic heterocycles. The third kappa shape index (κ3) is 3.78. The molecule has 0 atom stereocenters. The van der Waals surface area contributed by atoms with Crippen LogP contribution in [0.4, 0.5) is 26.4 Å². The van der Waals surface area contributed by atoms with Crippen molar-refractivity contribution in [1.82, 2.24) is 4.98 Å². The number of halogens is 1. The fourth-order valence-corrected chi connectivity index (χ4v) is 4.11. The first-order valence-corrected chi connectivity index (χ1v) is 9.63. The number of thiophene rings is 1. The van der Waals surface area contributed by atoms with Crippen molar-refractivity contribution in [1.29, 1.82) is 0 Å². The average Bonchev–Trinajstić information content (AvgIpc) is 3.14. The standard InChI is InChI=1S/C21H15FN4O3S/c22-12-2-1-3-14(8-12)26-21(29)25-13-6-4-11(5-7-13)16-10-30-18-15(20(27)28)9-24-19(23)17(16)18/h1-10H,(H2,23,24)(H,27,28)(H2,25,26,29). The molecule has 2 aromatic heterocycles. The molecule has 2 amide bonds. The van der Waals surface area contributed by atoms with E-state index in [9.17, 15) is 19.1 Å². The van der Waals surface area contributed by atoms with Crippen LogP contribution in [0.2, 0.25) is 0 Å². The fraction of sp³-hybridized carbons (Fsp3) is 0. The van der Waals surface area contributed by atoms with Crippen LogP contribution in [0.1, 0.15) is 10.4 Å². The van der Waals surface area contributed by atoms with Gasteiger partial charge in [-0.15, -0.1) is 11.3 Å². The molecular formula is C21H15FN4O3S. The second-order valence-electron chi connectivity index (χ2n) is 6.38. The van der Waals surface area contributed by atoms with Crippen LogP contribution < -0.4 is 16.4 Å². The van der Waals surface area contributed by atoms with E-state index in [-0.39, 0.29) is 11.4 Å². The lowest BCUT2D eigenvalue weighted by Gasteiger charge is -2.09. The highest BCUT2D eigenvalue weighted by atomic mass is 32.1. The number of pyridine rings is 1. The minimum absolute atomic E-state index is 0.0998. The van der Waals surface area contributed by atoms with Crippen molar-refractivity contribution in [3.8, 4) is 11.1 Å². The van der Waals surface area contributed by atoms with Crippen molar-refractivity contribution in [2.45, 2.75) is 0 Å². The van der Waals surface area contributed by atoms with Gasteiger partial charge in [-0.3, -0.25) is 0 Å². The van der Waals surface area contributed by atoms with Gasteiger partial charge in [-0.1, -0.05) is 18.2 Å². The van der Waals surface area contributed by atoms with E-state index in [2.05, 4.69) is 15.6 Å². The number of anilines is 3. The van der Waals surface area contributed by atoms with Crippen LogP contribution in [0.3, 0.4) is 0 Å². The summed E-state index contributed by atoms with van der Waals surface area (Å²) >= 11 is 1.28. The van der Waals surface area contributed by atoms with Gasteiger partial charge in [-0.05, 0) is 41.3 Å². The summed E-state index contributed by atoms with van der Waals surface area (Å²) in [5, 5.41) is 17.0. The van der Waals surface area contributed by atoms with E-state index in [0.29, 0.717) is 21.5 Å². The lowest BCUT2D eigenvalue weighted by atomic mass is 10.0. The number of fused-ring (bicyclic) bond motifs is 1. The summed E-state index contributed by atoms with van der Waals surface area (Å²) < 4.78 is 13.8. The van der Waals surface area contributed by atoms with E-state index in [4.69, 9.17) is 5.73 Å². The van der Waals surface area contributed by atoms with Crippen LogP contribution in [0, 0.1) is 5.82 Å². The molecule has 0 saturated carbocycles. The lowest BCUT2D eigenvalue weighted by molar-refractivity contribution is 0.0699. The molecule has 0 fully saturated rings. The molecule has 0 aliphatic carbocycles. The van der Waals surface area contributed by atoms with Gasteiger partial charge in [0.1, 0.15) is 11.6 Å². The second-order valence-corrected chi connectivity index (χ2v) is 7.26. The molecular weight excluding hydrogens is 407 g/mol. The van der Waals surface area contributed by atoms with Crippen molar-refractivity contribution < 1.29 is 19.1 Å². The van der Waals surface area contributed by atoms with Crippen LogP contribution in [0.25, 0.3) is 21.2 Å². The number of nitrogens with two attached hydrogens (primary N) is 1. The topological polar surface area (TPSA) is 117 Å². The summed E-state index contributed by atoms with van der Waals surface area (Å²) in [4.78, 5) is 27.5. The Morgan fingerprint density at radius 1 is 1.07 bits per heavy atom. The van der Waals surface area contributed by atoms with Gasteiger partial charge in [0.2, 0.25) is 0 Å². The number of carboxylic acid groups (broad SMARTS) is 1. The molecule has 0 saturated heterocycles. The second kappa shape index (κ2) is 7.80. The van der Waals surface area contributed by atoms with Gasteiger partial charge in [0, 0.05) is 28.5 Å². The highest BCUT2D eigenvalue weighted by molar-refractivity contribution is 7.18. The Labute approximate surface area is 174 Å². The van der Waals surface area contributed by atoms with Gasteiger partial charge in [-0.2, -0.15) is 0 Å². The zero-order valence-corrected chi connectivity index (χ0v) is 16.2. The molecule has 150 valence electrons. The predicted octanol–water partition coefficient (Wildman–Crippen LogP) is 5.03. The fourth-order valence-electron chi connectivity index (χ4n) is 3.03. The van der Waals surface area contributed by atoms with Gasteiger partial charge >= 0.3 is 12.0 Å². The maximum absolute atomic E-state index is 13.2. The molecule has 2 heterocycles. The number of carbonyl (C=O) groups is 2. The molecule has 7 nitrogen and oxygen atoms in total. The molecule has 4 aromatic rings. The molecule has 0 unspecified atom stereocenters. The zero-order chi connectivity index (χ0) is 21.3. The summed E-state index contributed by atoms with van der Waals surface area (Å²) in [6, 6.07) is 12.1. The Hall–Kier alpha value is -3.98. The molecule has 2 aromatic carbocycles. The SMILES string of the molecule is Nc1ncc(C(=O)O)c2scc(-c3ccc(NC(=O)Nc4cccc(F)c4)cc3)c12. The Balaban J connectivity index is 1.56. The van der Waals surface area contributed by atoms with Crippen molar-refractivity contribution in [2.24, 2.45) is 0 Å². The molecule has 9 heteroatoms. The third-order valence-corrected chi connectivity index (χ3v) is 5.40. The summed E-state index contributed by atoms with van der Waals surface area (Å²) in [7, 11) is 0. The monoisotopic (exact) mass is 422 g/mol. The minimum Gasteiger partial charge on any atom is -0.478 e. The number of nitrogen functional groups attached to an aromatic ring is 1. The number of aromatic carboxylic acids is 1. The number of carboxylic acids is 1. The summed E-state index contributed by atoms with van der Waals surface area (Å²) in [5.74, 6) is -1.26. The molecule has 0 aliphatic rings. The number of carbonyl (C=O) groups excluding carboxylic acids is 1. The summed E-state index contributed by atoms with van der Waals surface area (Å²) in [6.45, 7) is 0. The smallest absolute Gasteiger partial charge is 0.338 e. The zero-order valence-electron chi connectivity index (χ0n) is 15.3. The predicted molar refractivity (Wildman–Crippen MR) is 115 cm³/mol. The number of nitrogens with one attached hydrogen (secondary N) is 2. The van der Waals surface area contributed by atoms with E-state index in [1.807, 2.05) is 5.38 Å².